The van der Waals surface area contributed by atoms with Crippen LogP contribution in [0, 0.1) is 0 Å². The normalized spacial score (nSPS) is 14.4. The maximum absolute atomic E-state index is 12.9. The molecule has 3 rings (SSSR count). The molecule has 0 aliphatic carbocycles. The number of likely N-dealkylation sites (N-methyl/N-ethyl adjacent to an activating group) is 1. The number of morpholine rings is 1. The van der Waals surface area contributed by atoms with E-state index in [-0.39, 0.29) is 36.1 Å². The molecular weight excluding hydrogens is 488 g/mol. The van der Waals surface area contributed by atoms with Crippen molar-refractivity contribution >= 4 is 28.1 Å². The van der Waals surface area contributed by atoms with Crippen LogP contribution in [0.4, 0.5) is 0 Å². The molecule has 2 aromatic carbocycles. The molecule has 0 saturated carbocycles. The first kappa shape index (κ1) is 27.1. The molecule has 11 nitrogen and oxygen atoms in total. The fourth-order valence-corrected chi connectivity index (χ4v) is 4.68. The summed E-state index contributed by atoms with van der Waals surface area (Å²) in [5.74, 6) is 0.0944. The molecule has 194 valence electrons. The topological polar surface area (TPSA) is 127 Å². The van der Waals surface area contributed by atoms with Crippen molar-refractivity contribution in [2.24, 2.45) is 5.10 Å². The maximum atomic E-state index is 12.9. The first-order chi connectivity index (χ1) is 17.2. The number of nitrogens with one attached hydrogen (secondary N) is 1. The summed E-state index contributed by atoms with van der Waals surface area (Å²) in [4.78, 5) is 25.8. The van der Waals surface area contributed by atoms with Gasteiger partial charge in [-0.1, -0.05) is 6.07 Å². The number of benzene rings is 2. The third-order valence-corrected chi connectivity index (χ3v) is 7.10. The Hall–Kier alpha value is -3.48. The second kappa shape index (κ2) is 12.5. The van der Waals surface area contributed by atoms with E-state index in [4.69, 9.17) is 14.2 Å². The molecule has 1 N–H and O–H groups in total. The number of amides is 2. The van der Waals surface area contributed by atoms with Crippen molar-refractivity contribution in [1.82, 2.24) is 14.6 Å². The summed E-state index contributed by atoms with van der Waals surface area (Å²) in [6.45, 7) is 3.28. The van der Waals surface area contributed by atoms with Crippen molar-refractivity contribution in [3.63, 3.8) is 0 Å². The molecule has 12 heteroatoms. The Morgan fingerprint density at radius 3 is 2.56 bits per heavy atom. The summed E-state index contributed by atoms with van der Waals surface area (Å²) in [6.07, 6.45) is 1.42. The number of rotatable bonds is 10. The van der Waals surface area contributed by atoms with Crippen LogP contribution in [0.1, 0.15) is 22.8 Å². The minimum Gasteiger partial charge on any atom is -0.490 e. The summed E-state index contributed by atoms with van der Waals surface area (Å²) in [7, 11) is -0.443. The number of hydrogen-bond acceptors (Lipinski definition) is 8. The fourth-order valence-electron chi connectivity index (χ4n) is 3.22. The van der Waals surface area contributed by atoms with Crippen molar-refractivity contribution in [1.29, 1.82) is 0 Å². The Morgan fingerprint density at radius 1 is 1.11 bits per heavy atom. The van der Waals surface area contributed by atoms with Gasteiger partial charge in [0.2, 0.25) is 10.0 Å². The Morgan fingerprint density at radius 2 is 1.86 bits per heavy atom. The molecule has 2 amide bonds. The van der Waals surface area contributed by atoms with Crippen molar-refractivity contribution < 1.29 is 32.2 Å². The standard InChI is InChI=1S/C24H30N4O7S/c1-4-34-22-14-18(8-9-21(22)35-17-23(29)27(2)3)16-25-26-24(30)19-6-5-7-20(15-19)36(31,32)28-10-12-33-13-11-28/h5-9,14-16H,4,10-13,17H2,1-3H3,(H,26,30)/b25-16-. The third-order valence-electron chi connectivity index (χ3n) is 5.20. The van der Waals surface area contributed by atoms with Gasteiger partial charge in [-0.15, -0.1) is 0 Å². The van der Waals surface area contributed by atoms with Gasteiger partial charge in [-0.3, -0.25) is 9.59 Å². The monoisotopic (exact) mass is 518 g/mol. The number of carbonyl (C=O) groups excluding carboxylic acids is 2. The highest BCUT2D eigenvalue weighted by molar-refractivity contribution is 7.89. The van der Waals surface area contributed by atoms with Crippen LogP contribution in [-0.4, -0.2) is 89.3 Å². The lowest BCUT2D eigenvalue weighted by atomic mass is 10.2. The Bertz CT molecular complexity index is 1210. The minimum atomic E-state index is -3.73. The summed E-state index contributed by atoms with van der Waals surface area (Å²) < 4.78 is 43.4. The van der Waals surface area contributed by atoms with E-state index < -0.39 is 15.9 Å². The molecule has 0 bridgehead atoms. The highest BCUT2D eigenvalue weighted by atomic mass is 32.2. The lowest BCUT2D eigenvalue weighted by Crippen LogP contribution is -2.40. The highest BCUT2D eigenvalue weighted by Gasteiger charge is 2.26. The lowest BCUT2D eigenvalue weighted by Gasteiger charge is -2.26. The van der Waals surface area contributed by atoms with Gasteiger partial charge in [0.25, 0.3) is 11.8 Å². The first-order valence-electron chi connectivity index (χ1n) is 11.3. The SMILES string of the molecule is CCOc1cc(/C=N\NC(=O)c2cccc(S(=O)(=O)N3CCOCC3)c2)ccc1OCC(=O)N(C)C. The highest BCUT2D eigenvalue weighted by Crippen LogP contribution is 2.28. The van der Waals surface area contributed by atoms with Crippen LogP contribution < -0.4 is 14.9 Å². The number of hydrazone groups is 1. The Kier molecular flexibility index (Phi) is 9.39. The van der Waals surface area contributed by atoms with Gasteiger partial charge in [0.1, 0.15) is 0 Å². The molecule has 0 aromatic heterocycles. The third kappa shape index (κ3) is 7.03. The van der Waals surface area contributed by atoms with Gasteiger partial charge >= 0.3 is 0 Å². The zero-order chi connectivity index (χ0) is 26.1. The molecule has 1 saturated heterocycles. The lowest BCUT2D eigenvalue weighted by molar-refractivity contribution is -0.130. The van der Waals surface area contributed by atoms with Crippen LogP contribution >= 0.6 is 0 Å². The van der Waals surface area contributed by atoms with Crippen molar-refractivity contribution in [2.45, 2.75) is 11.8 Å². The maximum Gasteiger partial charge on any atom is 0.271 e. The Balaban J connectivity index is 1.67. The largest absolute Gasteiger partial charge is 0.490 e. The zero-order valence-electron chi connectivity index (χ0n) is 20.5. The molecule has 1 aliphatic heterocycles. The van der Waals surface area contributed by atoms with Gasteiger partial charge in [-0.25, -0.2) is 13.8 Å². The average Bonchev–Trinajstić information content (AvgIpc) is 2.88. The predicted octanol–water partition coefficient (Wildman–Crippen LogP) is 1.34. The second-order valence-corrected chi connectivity index (χ2v) is 9.90. The molecule has 0 radical (unpaired) electrons. The zero-order valence-corrected chi connectivity index (χ0v) is 21.3. The molecule has 36 heavy (non-hydrogen) atoms. The predicted molar refractivity (Wildman–Crippen MR) is 133 cm³/mol. The van der Waals surface area contributed by atoms with Crippen LogP contribution in [0.15, 0.2) is 52.5 Å². The van der Waals surface area contributed by atoms with E-state index in [2.05, 4.69) is 10.5 Å². The van der Waals surface area contributed by atoms with Gasteiger partial charge in [0, 0.05) is 32.7 Å². The van der Waals surface area contributed by atoms with Gasteiger partial charge in [-0.05, 0) is 48.9 Å². The Labute approximate surface area is 210 Å². The number of sulfonamides is 1. The first-order valence-corrected chi connectivity index (χ1v) is 12.8. The van der Waals surface area contributed by atoms with E-state index in [0.717, 1.165) is 0 Å². The number of ether oxygens (including phenoxy) is 3. The average molecular weight is 519 g/mol. The van der Waals surface area contributed by atoms with Gasteiger partial charge < -0.3 is 19.1 Å². The molecule has 1 aliphatic rings. The van der Waals surface area contributed by atoms with E-state index in [1.807, 2.05) is 6.92 Å². The van der Waals surface area contributed by atoms with Crippen LogP contribution in [0.25, 0.3) is 0 Å². The van der Waals surface area contributed by atoms with E-state index in [1.54, 1.807) is 32.3 Å². The molecule has 1 heterocycles. The quantitative estimate of drug-likeness (QED) is 0.371. The van der Waals surface area contributed by atoms with E-state index in [1.165, 1.54) is 39.7 Å². The van der Waals surface area contributed by atoms with Crippen LogP contribution in [0.3, 0.4) is 0 Å². The van der Waals surface area contributed by atoms with E-state index in [9.17, 15) is 18.0 Å². The number of carbonyl (C=O) groups is 2. The smallest absolute Gasteiger partial charge is 0.271 e. The molecule has 0 unspecified atom stereocenters. The van der Waals surface area contributed by atoms with Crippen LogP contribution in [-0.2, 0) is 19.6 Å². The van der Waals surface area contributed by atoms with E-state index in [0.29, 0.717) is 36.9 Å². The van der Waals surface area contributed by atoms with Crippen molar-refractivity contribution in [3.8, 4) is 11.5 Å². The number of nitrogens with zero attached hydrogens (tertiary/aromatic N) is 3. The van der Waals surface area contributed by atoms with Gasteiger partial charge in [0.05, 0.1) is 30.9 Å². The summed E-state index contributed by atoms with van der Waals surface area (Å²) in [5.41, 5.74) is 3.18. The molecule has 0 spiro atoms. The minimum absolute atomic E-state index is 0.0331. The molecule has 2 aromatic rings. The fraction of sp³-hybridized carbons (Fsp3) is 0.375. The molecule has 0 atom stereocenters. The summed E-state index contributed by atoms with van der Waals surface area (Å²) in [5, 5.41) is 3.97. The van der Waals surface area contributed by atoms with Crippen LogP contribution in [0.5, 0.6) is 11.5 Å². The van der Waals surface area contributed by atoms with Crippen molar-refractivity contribution in [2.75, 3.05) is 53.6 Å². The summed E-state index contributed by atoms with van der Waals surface area (Å²) >= 11 is 0. The molecule has 1 fully saturated rings. The van der Waals surface area contributed by atoms with E-state index >= 15 is 0 Å². The van der Waals surface area contributed by atoms with Gasteiger partial charge in [0.15, 0.2) is 18.1 Å². The number of hydrogen-bond donors (Lipinski definition) is 1. The van der Waals surface area contributed by atoms with Gasteiger partial charge in [-0.2, -0.15) is 9.41 Å². The van der Waals surface area contributed by atoms with Crippen molar-refractivity contribution in [3.05, 3.63) is 53.6 Å². The second-order valence-electron chi connectivity index (χ2n) is 7.96. The molecular formula is C24H30N4O7S. The van der Waals surface area contributed by atoms with Crippen LogP contribution in [0.2, 0.25) is 0 Å². The summed E-state index contributed by atoms with van der Waals surface area (Å²) in [6, 6.07) is 10.8.